The maximum Gasteiger partial charge on any atom is 0.243 e. The Morgan fingerprint density at radius 3 is 1.85 bits per heavy atom. The Kier molecular flexibility index (Phi) is 16.9. The average molecular weight is 766 g/mol. The lowest BCUT2D eigenvalue weighted by Gasteiger charge is -2.36. The van der Waals surface area contributed by atoms with E-state index in [0.717, 1.165) is 12.8 Å². The highest BCUT2D eigenvalue weighted by molar-refractivity contribution is 5.95. The van der Waals surface area contributed by atoms with Crippen LogP contribution in [0.15, 0.2) is 58.5 Å². The van der Waals surface area contributed by atoms with Crippen LogP contribution in [-0.2, 0) is 36.8 Å². The fourth-order valence-corrected chi connectivity index (χ4v) is 6.68. The quantitative estimate of drug-likeness (QED) is 0.0535. The Bertz CT molecular complexity index is 1670. The number of benzene rings is 2. The van der Waals surface area contributed by atoms with Crippen LogP contribution in [0.2, 0.25) is 0 Å². The van der Waals surface area contributed by atoms with Crippen LogP contribution in [0.1, 0.15) is 76.8 Å². The van der Waals surface area contributed by atoms with Crippen LogP contribution in [0.5, 0.6) is 0 Å². The standard InChI is InChI=1S/C38H56FN11O5/c1-22(2)19-30(34(53)47-29(33(40)52)9-6-18-45-37(41)42)48-35(54)31(20-24-12-16-27(17-13-24)46-38(43)44)49-36(55)32(21-25-10-14-26(39)15-11-25)50(23(3)51)28-7-4-5-8-28/h10-17,22,28-32H,4-9,18-21H2,1-3H3,(H2,40,52)(H,47,53)(H,48,54)(H,49,55)(H4,41,42,45)(H4,43,44,46). The second-order valence-corrected chi connectivity index (χ2v) is 14.3. The highest BCUT2D eigenvalue weighted by Gasteiger charge is 2.37. The molecule has 55 heavy (non-hydrogen) atoms. The van der Waals surface area contributed by atoms with Gasteiger partial charge in [0.25, 0.3) is 0 Å². The summed E-state index contributed by atoms with van der Waals surface area (Å²) in [6.07, 6.45) is 3.96. The molecule has 4 atom stereocenters. The maximum absolute atomic E-state index is 14.4. The predicted molar refractivity (Wildman–Crippen MR) is 209 cm³/mol. The van der Waals surface area contributed by atoms with Crippen LogP contribution in [0.3, 0.4) is 0 Å². The van der Waals surface area contributed by atoms with Crippen molar-refractivity contribution < 1.29 is 28.4 Å². The molecule has 5 amide bonds. The number of amides is 5. The fourth-order valence-electron chi connectivity index (χ4n) is 6.68. The van der Waals surface area contributed by atoms with Gasteiger partial charge in [0.05, 0.1) is 5.69 Å². The van der Waals surface area contributed by atoms with Crippen molar-refractivity contribution in [1.29, 1.82) is 0 Å². The lowest BCUT2D eigenvalue weighted by molar-refractivity contribution is -0.142. The number of hydrogen-bond donors (Lipinski definition) is 8. The Morgan fingerprint density at radius 1 is 0.764 bits per heavy atom. The van der Waals surface area contributed by atoms with Gasteiger partial charge in [0.2, 0.25) is 29.5 Å². The molecular formula is C38H56FN11O5. The second kappa shape index (κ2) is 21.2. The molecule has 2 aromatic carbocycles. The number of carbonyl (C=O) groups excluding carboxylic acids is 5. The summed E-state index contributed by atoms with van der Waals surface area (Å²) >= 11 is 0. The molecule has 0 saturated heterocycles. The number of nitrogens with two attached hydrogens (primary N) is 5. The van der Waals surface area contributed by atoms with Gasteiger partial charge in [-0.1, -0.05) is 51.0 Å². The molecular weight excluding hydrogens is 709 g/mol. The van der Waals surface area contributed by atoms with Crippen LogP contribution >= 0.6 is 0 Å². The van der Waals surface area contributed by atoms with Gasteiger partial charge < -0.3 is 49.5 Å². The van der Waals surface area contributed by atoms with Crippen molar-refractivity contribution >= 4 is 47.1 Å². The normalized spacial score (nSPS) is 14.9. The number of hydrogen-bond acceptors (Lipinski definition) is 7. The Hall–Kier alpha value is -5.74. The van der Waals surface area contributed by atoms with Gasteiger partial charge in [-0.25, -0.2) is 9.38 Å². The number of nitrogens with one attached hydrogen (secondary N) is 3. The van der Waals surface area contributed by atoms with Gasteiger partial charge in [0, 0.05) is 32.4 Å². The van der Waals surface area contributed by atoms with Gasteiger partial charge in [-0.05, 0) is 73.4 Å². The first-order valence-corrected chi connectivity index (χ1v) is 18.5. The first kappa shape index (κ1) is 43.7. The molecule has 4 unspecified atom stereocenters. The molecule has 3 rings (SSSR count). The lowest BCUT2D eigenvalue weighted by atomic mass is 9.98. The predicted octanol–water partition coefficient (Wildman–Crippen LogP) is 0.715. The zero-order valence-electron chi connectivity index (χ0n) is 31.8. The third-order valence-electron chi connectivity index (χ3n) is 9.28. The zero-order chi connectivity index (χ0) is 40.7. The molecule has 2 aromatic rings. The van der Waals surface area contributed by atoms with Crippen LogP contribution in [0.4, 0.5) is 10.1 Å². The lowest BCUT2D eigenvalue weighted by Crippen LogP contribution is -2.60. The molecule has 1 saturated carbocycles. The van der Waals surface area contributed by atoms with Crippen molar-refractivity contribution in [1.82, 2.24) is 20.9 Å². The first-order valence-electron chi connectivity index (χ1n) is 18.5. The van der Waals surface area contributed by atoms with E-state index in [1.807, 2.05) is 13.8 Å². The summed E-state index contributed by atoms with van der Waals surface area (Å²) in [6.45, 7) is 5.35. The molecule has 16 nitrogen and oxygen atoms in total. The minimum Gasteiger partial charge on any atom is -0.370 e. The number of halogens is 1. The monoisotopic (exact) mass is 765 g/mol. The van der Waals surface area contributed by atoms with Crippen LogP contribution < -0.4 is 44.6 Å². The summed E-state index contributed by atoms with van der Waals surface area (Å²) in [4.78, 5) is 77.3. The Morgan fingerprint density at radius 2 is 1.31 bits per heavy atom. The number of aliphatic imine (C=N–C) groups is 2. The Labute approximate surface area is 321 Å². The van der Waals surface area contributed by atoms with Crippen molar-refractivity contribution in [3.63, 3.8) is 0 Å². The second-order valence-electron chi connectivity index (χ2n) is 14.3. The van der Waals surface area contributed by atoms with E-state index >= 15 is 0 Å². The maximum atomic E-state index is 14.4. The van der Waals surface area contributed by atoms with Gasteiger partial charge in [0.15, 0.2) is 11.9 Å². The van der Waals surface area contributed by atoms with E-state index in [9.17, 15) is 28.4 Å². The van der Waals surface area contributed by atoms with Crippen LogP contribution in [0.25, 0.3) is 0 Å². The molecule has 0 heterocycles. The first-order chi connectivity index (χ1) is 26.0. The van der Waals surface area contributed by atoms with E-state index in [0.29, 0.717) is 36.1 Å². The topological polar surface area (TPSA) is 280 Å². The van der Waals surface area contributed by atoms with E-state index in [1.54, 1.807) is 41.3 Å². The molecule has 1 aliphatic rings. The number of carbonyl (C=O) groups is 5. The molecule has 0 bridgehead atoms. The minimum atomic E-state index is -1.23. The number of nitrogens with zero attached hydrogens (tertiary/aromatic N) is 3. The molecule has 17 heteroatoms. The average Bonchev–Trinajstić information content (AvgIpc) is 3.64. The van der Waals surface area contributed by atoms with E-state index in [2.05, 4.69) is 25.9 Å². The number of primary amides is 1. The van der Waals surface area contributed by atoms with Crippen LogP contribution in [0, 0.1) is 11.7 Å². The highest BCUT2D eigenvalue weighted by atomic mass is 19.1. The summed E-state index contributed by atoms with van der Waals surface area (Å²) in [6, 6.07) is 7.73. The smallest absolute Gasteiger partial charge is 0.243 e. The highest BCUT2D eigenvalue weighted by Crippen LogP contribution is 2.27. The van der Waals surface area contributed by atoms with Gasteiger partial charge >= 0.3 is 0 Å². The van der Waals surface area contributed by atoms with Crippen LogP contribution in [-0.4, -0.2) is 83.1 Å². The third kappa shape index (κ3) is 14.5. The summed E-state index contributed by atoms with van der Waals surface area (Å²) < 4.78 is 13.8. The molecule has 0 aliphatic heterocycles. The van der Waals surface area contributed by atoms with Crippen molar-refractivity contribution in [3.8, 4) is 0 Å². The minimum absolute atomic E-state index is 0.0167. The van der Waals surface area contributed by atoms with E-state index < -0.39 is 53.6 Å². The molecule has 13 N–H and O–H groups in total. The number of guanidine groups is 2. The van der Waals surface area contributed by atoms with E-state index in [1.165, 1.54) is 19.1 Å². The van der Waals surface area contributed by atoms with Gasteiger partial charge in [0.1, 0.15) is 30.0 Å². The summed E-state index contributed by atoms with van der Waals surface area (Å²) in [5.74, 6) is -3.75. The van der Waals surface area contributed by atoms with Crippen molar-refractivity contribution in [3.05, 3.63) is 65.5 Å². The number of rotatable bonds is 20. The van der Waals surface area contributed by atoms with E-state index in [-0.39, 0.29) is 62.0 Å². The van der Waals surface area contributed by atoms with Crippen molar-refractivity contribution in [2.24, 2.45) is 44.6 Å². The van der Waals surface area contributed by atoms with Gasteiger partial charge in [-0.3, -0.25) is 29.0 Å². The Balaban J connectivity index is 1.96. The SMILES string of the molecule is CC(=O)N(C1CCCC1)C(Cc1ccc(F)cc1)C(=O)NC(Cc1ccc(N=C(N)N)cc1)C(=O)NC(CC(C)C)C(=O)NC(CCCN=C(N)N)C(N)=O. The van der Waals surface area contributed by atoms with Gasteiger partial charge in [-0.15, -0.1) is 0 Å². The summed E-state index contributed by atoms with van der Waals surface area (Å²) in [5, 5.41) is 8.31. The molecule has 0 spiro atoms. The van der Waals surface area contributed by atoms with Gasteiger partial charge in [-0.2, -0.15) is 0 Å². The summed E-state index contributed by atoms with van der Waals surface area (Å²) in [7, 11) is 0. The zero-order valence-corrected chi connectivity index (χ0v) is 31.8. The fraction of sp³-hybridized carbons (Fsp3) is 0.500. The van der Waals surface area contributed by atoms with Crippen molar-refractivity contribution in [2.75, 3.05) is 6.54 Å². The molecule has 1 aliphatic carbocycles. The van der Waals surface area contributed by atoms with Crippen molar-refractivity contribution in [2.45, 2.75) is 109 Å². The molecule has 0 radical (unpaired) electrons. The van der Waals surface area contributed by atoms with E-state index in [4.69, 9.17) is 28.7 Å². The summed E-state index contributed by atoms with van der Waals surface area (Å²) in [5.41, 5.74) is 29.1. The molecule has 300 valence electrons. The third-order valence-corrected chi connectivity index (χ3v) is 9.28. The molecule has 0 aromatic heterocycles. The largest absolute Gasteiger partial charge is 0.370 e. The molecule has 1 fully saturated rings.